The van der Waals surface area contributed by atoms with E-state index in [9.17, 15) is 0 Å². The summed E-state index contributed by atoms with van der Waals surface area (Å²) in [4.78, 5) is 8.12. The first kappa shape index (κ1) is 11.3. The molecule has 0 aliphatic carbocycles. The summed E-state index contributed by atoms with van der Waals surface area (Å²) in [5, 5.41) is 6.12. The molecule has 0 amide bonds. The SMILES string of the molecule is CNc1cc(NC(C)c2ccco2)nc(N)n1. The van der Waals surface area contributed by atoms with Crippen LogP contribution in [0, 0.1) is 0 Å². The van der Waals surface area contributed by atoms with Crippen molar-refractivity contribution in [3.8, 4) is 0 Å². The maximum Gasteiger partial charge on any atom is 0.223 e. The number of nitrogen functional groups attached to an aromatic ring is 1. The molecule has 17 heavy (non-hydrogen) atoms. The van der Waals surface area contributed by atoms with E-state index >= 15 is 0 Å². The summed E-state index contributed by atoms with van der Waals surface area (Å²) in [7, 11) is 1.78. The van der Waals surface area contributed by atoms with Crippen LogP contribution < -0.4 is 16.4 Å². The minimum atomic E-state index is 0.0176. The molecule has 0 saturated carbocycles. The van der Waals surface area contributed by atoms with Gasteiger partial charge in [0, 0.05) is 13.1 Å². The molecule has 2 aromatic rings. The summed E-state index contributed by atoms with van der Waals surface area (Å²) in [5.74, 6) is 2.40. The molecule has 90 valence electrons. The van der Waals surface area contributed by atoms with Gasteiger partial charge in [-0.25, -0.2) is 0 Å². The zero-order valence-electron chi connectivity index (χ0n) is 9.77. The molecular weight excluding hydrogens is 218 g/mol. The van der Waals surface area contributed by atoms with Crippen LogP contribution in [0.3, 0.4) is 0 Å². The first-order chi connectivity index (χ1) is 8.19. The number of furan rings is 1. The van der Waals surface area contributed by atoms with Crippen LogP contribution in [0.25, 0.3) is 0 Å². The lowest BCUT2D eigenvalue weighted by Crippen LogP contribution is -2.09. The molecule has 0 aliphatic rings. The van der Waals surface area contributed by atoms with Crippen LogP contribution in [0.1, 0.15) is 18.7 Å². The van der Waals surface area contributed by atoms with Gasteiger partial charge in [0.05, 0.1) is 12.3 Å². The Balaban J connectivity index is 2.15. The van der Waals surface area contributed by atoms with Crippen LogP contribution in [0.15, 0.2) is 28.9 Å². The number of nitrogens with two attached hydrogens (primary N) is 1. The highest BCUT2D eigenvalue weighted by molar-refractivity contribution is 5.51. The van der Waals surface area contributed by atoms with Crippen LogP contribution >= 0.6 is 0 Å². The maximum atomic E-state index is 5.60. The zero-order chi connectivity index (χ0) is 12.3. The quantitative estimate of drug-likeness (QED) is 0.747. The molecule has 2 rings (SSSR count). The largest absolute Gasteiger partial charge is 0.467 e. The standard InChI is InChI=1S/C11H15N5O/c1-7(8-4-3-5-17-8)14-10-6-9(13-2)15-11(12)16-10/h3-7H,1-2H3,(H4,12,13,14,15,16). The molecule has 0 aromatic carbocycles. The van der Waals surface area contributed by atoms with Crippen molar-refractivity contribution in [1.82, 2.24) is 9.97 Å². The number of anilines is 3. The highest BCUT2D eigenvalue weighted by Crippen LogP contribution is 2.20. The summed E-state index contributed by atoms with van der Waals surface area (Å²) in [5.41, 5.74) is 5.60. The fourth-order valence-corrected chi connectivity index (χ4v) is 1.50. The van der Waals surface area contributed by atoms with Gasteiger partial charge in [0.25, 0.3) is 0 Å². The molecule has 6 nitrogen and oxygen atoms in total. The van der Waals surface area contributed by atoms with E-state index in [1.165, 1.54) is 0 Å². The molecule has 1 unspecified atom stereocenters. The van der Waals surface area contributed by atoms with E-state index in [0.29, 0.717) is 11.6 Å². The van der Waals surface area contributed by atoms with Crippen molar-refractivity contribution in [1.29, 1.82) is 0 Å². The lowest BCUT2D eigenvalue weighted by Gasteiger charge is -2.13. The average molecular weight is 233 g/mol. The van der Waals surface area contributed by atoms with Crippen molar-refractivity contribution in [2.24, 2.45) is 0 Å². The van der Waals surface area contributed by atoms with Crippen molar-refractivity contribution in [2.75, 3.05) is 23.4 Å². The Bertz CT molecular complexity index is 483. The molecule has 2 heterocycles. The van der Waals surface area contributed by atoms with Crippen LogP contribution in [0.5, 0.6) is 0 Å². The number of rotatable bonds is 4. The van der Waals surface area contributed by atoms with Crippen LogP contribution in [-0.2, 0) is 0 Å². The molecule has 0 fully saturated rings. The molecule has 0 aliphatic heterocycles. The Labute approximate surface area is 99.3 Å². The van der Waals surface area contributed by atoms with Crippen molar-refractivity contribution in [3.63, 3.8) is 0 Å². The summed E-state index contributed by atoms with van der Waals surface area (Å²) in [6.45, 7) is 1.98. The zero-order valence-corrected chi connectivity index (χ0v) is 9.77. The summed E-state index contributed by atoms with van der Waals surface area (Å²) < 4.78 is 5.30. The first-order valence-corrected chi connectivity index (χ1v) is 5.31. The van der Waals surface area contributed by atoms with Gasteiger partial charge in [-0.3, -0.25) is 0 Å². The van der Waals surface area contributed by atoms with Crippen LogP contribution in [0.2, 0.25) is 0 Å². The van der Waals surface area contributed by atoms with E-state index in [2.05, 4.69) is 20.6 Å². The van der Waals surface area contributed by atoms with E-state index in [1.807, 2.05) is 19.1 Å². The highest BCUT2D eigenvalue weighted by atomic mass is 16.3. The minimum absolute atomic E-state index is 0.0176. The van der Waals surface area contributed by atoms with Gasteiger partial charge in [-0.05, 0) is 19.1 Å². The predicted molar refractivity (Wildman–Crippen MR) is 66.7 cm³/mol. The number of nitrogens with one attached hydrogen (secondary N) is 2. The van der Waals surface area contributed by atoms with Crippen molar-refractivity contribution >= 4 is 17.6 Å². The van der Waals surface area contributed by atoms with Gasteiger partial charge in [0.1, 0.15) is 17.4 Å². The highest BCUT2D eigenvalue weighted by Gasteiger charge is 2.09. The number of aromatic nitrogens is 2. The third kappa shape index (κ3) is 2.66. The van der Waals surface area contributed by atoms with Crippen molar-refractivity contribution in [3.05, 3.63) is 30.2 Å². The van der Waals surface area contributed by atoms with Gasteiger partial charge in [-0.15, -0.1) is 0 Å². The second kappa shape index (κ2) is 4.73. The molecule has 0 saturated heterocycles. The number of nitrogens with zero attached hydrogens (tertiary/aromatic N) is 2. The molecule has 0 bridgehead atoms. The van der Waals surface area contributed by atoms with E-state index < -0.39 is 0 Å². The molecule has 1 atom stereocenters. The van der Waals surface area contributed by atoms with Gasteiger partial charge >= 0.3 is 0 Å². The van der Waals surface area contributed by atoms with Crippen LogP contribution in [-0.4, -0.2) is 17.0 Å². The van der Waals surface area contributed by atoms with Crippen molar-refractivity contribution in [2.45, 2.75) is 13.0 Å². The molecule has 0 radical (unpaired) electrons. The van der Waals surface area contributed by atoms with E-state index in [4.69, 9.17) is 10.2 Å². The van der Waals surface area contributed by atoms with Gasteiger partial charge in [-0.1, -0.05) is 0 Å². The lowest BCUT2D eigenvalue weighted by molar-refractivity contribution is 0.490. The fraction of sp³-hybridized carbons (Fsp3) is 0.273. The molecule has 6 heteroatoms. The average Bonchev–Trinajstić information content (AvgIpc) is 2.81. The van der Waals surface area contributed by atoms with Gasteiger partial charge < -0.3 is 20.8 Å². The van der Waals surface area contributed by atoms with Crippen LogP contribution in [0.4, 0.5) is 17.6 Å². The fourth-order valence-electron chi connectivity index (χ4n) is 1.50. The van der Waals surface area contributed by atoms with Gasteiger partial charge in [-0.2, -0.15) is 9.97 Å². The maximum absolute atomic E-state index is 5.60. The number of hydrogen-bond acceptors (Lipinski definition) is 6. The van der Waals surface area contributed by atoms with E-state index in [-0.39, 0.29) is 12.0 Å². The van der Waals surface area contributed by atoms with Gasteiger partial charge in [0.2, 0.25) is 5.95 Å². The number of hydrogen-bond donors (Lipinski definition) is 3. The third-order valence-electron chi connectivity index (χ3n) is 2.33. The Morgan fingerprint density at radius 1 is 1.35 bits per heavy atom. The van der Waals surface area contributed by atoms with Gasteiger partial charge in [0.15, 0.2) is 0 Å². The topological polar surface area (TPSA) is 89.0 Å². The monoisotopic (exact) mass is 233 g/mol. The molecule has 4 N–H and O–H groups in total. The lowest BCUT2D eigenvalue weighted by atomic mass is 10.2. The van der Waals surface area contributed by atoms with E-state index in [1.54, 1.807) is 19.4 Å². The normalized spacial score (nSPS) is 12.1. The summed E-state index contributed by atoms with van der Waals surface area (Å²) in [6.07, 6.45) is 1.64. The first-order valence-electron chi connectivity index (χ1n) is 5.31. The second-order valence-corrected chi connectivity index (χ2v) is 3.63. The molecule has 0 spiro atoms. The Morgan fingerprint density at radius 3 is 2.76 bits per heavy atom. The molecular formula is C11H15N5O. The summed E-state index contributed by atoms with van der Waals surface area (Å²) in [6, 6.07) is 5.56. The predicted octanol–water partition coefficient (Wildman–Crippen LogP) is 1.87. The molecule has 2 aromatic heterocycles. The minimum Gasteiger partial charge on any atom is -0.467 e. The van der Waals surface area contributed by atoms with E-state index in [0.717, 1.165) is 5.76 Å². The Morgan fingerprint density at radius 2 is 2.12 bits per heavy atom. The third-order valence-corrected chi connectivity index (χ3v) is 2.33. The summed E-state index contributed by atoms with van der Waals surface area (Å²) >= 11 is 0. The Kier molecular flexibility index (Phi) is 3.13. The van der Waals surface area contributed by atoms with Crippen molar-refractivity contribution < 1.29 is 4.42 Å². The second-order valence-electron chi connectivity index (χ2n) is 3.63. The Hall–Kier alpha value is -2.24. The smallest absolute Gasteiger partial charge is 0.223 e.